The van der Waals surface area contributed by atoms with Crippen molar-refractivity contribution in [2.24, 2.45) is 4.99 Å². The van der Waals surface area contributed by atoms with E-state index in [0.29, 0.717) is 18.4 Å². The topological polar surface area (TPSA) is 82.6 Å². The summed E-state index contributed by atoms with van der Waals surface area (Å²) in [7, 11) is -2.05. The minimum atomic E-state index is -3.45. The van der Waals surface area contributed by atoms with E-state index in [1.54, 1.807) is 18.2 Å². The van der Waals surface area contributed by atoms with Gasteiger partial charge in [-0.1, -0.05) is 48.9 Å². The zero-order valence-corrected chi connectivity index (χ0v) is 20.5. The Morgan fingerprint density at radius 3 is 2.41 bits per heavy atom. The first-order valence-electron chi connectivity index (χ1n) is 9.47. The highest BCUT2D eigenvalue weighted by Gasteiger charge is 2.11. The third-order valence-electron chi connectivity index (χ3n) is 4.46. The zero-order chi connectivity index (χ0) is 20.6. The summed E-state index contributed by atoms with van der Waals surface area (Å²) in [6.07, 6.45) is 0. The molecular weight excluding hydrogens is 499 g/mol. The smallest absolute Gasteiger partial charge is 0.240 e. The molecule has 8 heteroatoms. The summed E-state index contributed by atoms with van der Waals surface area (Å²) in [5.74, 6) is 1.05. The normalized spacial score (nSPS) is 12.8. The van der Waals surface area contributed by atoms with Crippen LogP contribution in [-0.2, 0) is 16.6 Å². The van der Waals surface area contributed by atoms with Gasteiger partial charge in [-0.3, -0.25) is 0 Å². The average Bonchev–Trinajstić information content (AvgIpc) is 2.70. The molecule has 2 aromatic carbocycles. The number of guanidine groups is 1. The second kappa shape index (κ2) is 12.1. The van der Waals surface area contributed by atoms with Gasteiger partial charge in [-0.25, -0.2) is 18.1 Å². The van der Waals surface area contributed by atoms with Gasteiger partial charge in [0.05, 0.1) is 11.4 Å². The number of hydrogen-bond donors (Lipinski definition) is 3. The predicted molar refractivity (Wildman–Crippen MR) is 131 cm³/mol. The van der Waals surface area contributed by atoms with Crippen LogP contribution in [0.4, 0.5) is 0 Å². The lowest BCUT2D eigenvalue weighted by molar-refractivity contribution is 0.588. The lowest BCUT2D eigenvalue weighted by atomic mass is 10.0. The van der Waals surface area contributed by atoms with Crippen LogP contribution < -0.4 is 15.4 Å². The lowest BCUT2D eigenvalue weighted by Crippen LogP contribution is -2.39. The number of aliphatic imine (C=N–C) groups is 1. The Hall–Kier alpha value is -1.65. The minimum absolute atomic E-state index is 0. The molecule has 1 atom stereocenters. The van der Waals surface area contributed by atoms with Crippen LogP contribution in [0.5, 0.6) is 0 Å². The molecule has 0 bridgehead atoms. The molecule has 0 spiro atoms. The van der Waals surface area contributed by atoms with Gasteiger partial charge < -0.3 is 10.6 Å². The highest BCUT2D eigenvalue weighted by atomic mass is 127. The van der Waals surface area contributed by atoms with E-state index in [1.807, 2.05) is 13.0 Å². The van der Waals surface area contributed by atoms with E-state index < -0.39 is 10.0 Å². The van der Waals surface area contributed by atoms with Crippen molar-refractivity contribution in [3.8, 4) is 0 Å². The molecular formula is C21H31IN4O2S. The number of rotatable bonds is 8. The molecule has 0 aromatic heterocycles. The molecule has 0 aliphatic heterocycles. The van der Waals surface area contributed by atoms with Crippen LogP contribution in [0.25, 0.3) is 0 Å². The van der Waals surface area contributed by atoms with Crippen LogP contribution in [0.15, 0.2) is 58.4 Å². The highest BCUT2D eigenvalue weighted by Crippen LogP contribution is 2.15. The van der Waals surface area contributed by atoms with Crippen molar-refractivity contribution in [2.45, 2.75) is 38.1 Å². The molecule has 29 heavy (non-hydrogen) atoms. The van der Waals surface area contributed by atoms with E-state index >= 15 is 0 Å². The molecule has 3 N–H and O–H groups in total. The minimum Gasteiger partial charge on any atom is -0.357 e. The fourth-order valence-corrected chi connectivity index (χ4v) is 3.50. The quantitative estimate of drug-likeness (QED) is 0.278. The third-order valence-corrected chi connectivity index (χ3v) is 5.88. The van der Waals surface area contributed by atoms with Crippen molar-refractivity contribution in [3.05, 3.63) is 65.2 Å². The van der Waals surface area contributed by atoms with Crippen LogP contribution in [0.3, 0.4) is 0 Å². The second-order valence-electron chi connectivity index (χ2n) is 6.74. The maximum Gasteiger partial charge on any atom is 0.240 e. The molecule has 6 nitrogen and oxygen atoms in total. The molecule has 0 heterocycles. The summed E-state index contributed by atoms with van der Waals surface area (Å²) in [4.78, 5) is 4.84. The van der Waals surface area contributed by atoms with Gasteiger partial charge >= 0.3 is 0 Å². The fourth-order valence-electron chi connectivity index (χ4n) is 2.70. The molecule has 0 saturated heterocycles. The van der Waals surface area contributed by atoms with Crippen molar-refractivity contribution >= 4 is 40.0 Å². The fraction of sp³-hybridized carbons (Fsp3) is 0.381. The number of aryl methyl sites for hydroxylation is 1. The number of nitrogens with one attached hydrogen (secondary N) is 3. The number of halogens is 1. The Bertz CT molecular complexity index is 899. The lowest BCUT2D eigenvalue weighted by Gasteiger charge is -2.16. The van der Waals surface area contributed by atoms with Crippen molar-refractivity contribution in [1.29, 1.82) is 0 Å². The van der Waals surface area contributed by atoms with Gasteiger partial charge in [0.1, 0.15) is 0 Å². The maximum absolute atomic E-state index is 12.0. The van der Waals surface area contributed by atoms with E-state index in [4.69, 9.17) is 0 Å². The van der Waals surface area contributed by atoms with Gasteiger partial charge in [-0.05, 0) is 50.1 Å². The molecule has 0 aliphatic carbocycles. The molecule has 0 saturated carbocycles. The Kier molecular flexibility index (Phi) is 10.6. The largest absolute Gasteiger partial charge is 0.357 e. The Labute approximate surface area is 191 Å². The van der Waals surface area contributed by atoms with E-state index in [9.17, 15) is 8.42 Å². The SMILES string of the molecule is CCNC(=NCc1cccc(S(=O)(=O)NC)c1)NCC(C)c1ccc(C)cc1.I. The van der Waals surface area contributed by atoms with Gasteiger partial charge in [0.15, 0.2) is 5.96 Å². The molecule has 0 aliphatic rings. The Morgan fingerprint density at radius 2 is 1.79 bits per heavy atom. The molecule has 160 valence electrons. The maximum atomic E-state index is 12.0. The summed E-state index contributed by atoms with van der Waals surface area (Å²) in [5.41, 5.74) is 3.36. The van der Waals surface area contributed by atoms with E-state index in [0.717, 1.165) is 18.7 Å². The van der Waals surface area contributed by atoms with E-state index in [2.05, 4.69) is 58.5 Å². The number of nitrogens with zero attached hydrogens (tertiary/aromatic N) is 1. The van der Waals surface area contributed by atoms with Crippen LogP contribution in [0.1, 0.15) is 36.5 Å². The Morgan fingerprint density at radius 1 is 1.10 bits per heavy atom. The highest BCUT2D eigenvalue weighted by molar-refractivity contribution is 14.0. The van der Waals surface area contributed by atoms with Crippen LogP contribution in [0, 0.1) is 6.92 Å². The standard InChI is InChI=1S/C21H30N4O2S.HI/c1-5-23-21(24-14-17(3)19-11-9-16(2)10-12-19)25-15-18-7-6-8-20(13-18)28(26,27)22-4;/h6-13,17,22H,5,14-15H2,1-4H3,(H2,23,24,25);1H. The van der Waals surface area contributed by atoms with Crippen molar-refractivity contribution in [2.75, 3.05) is 20.1 Å². The summed E-state index contributed by atoms with van der Waals surface area (Å²) >= 11 is 0. The van der Waals surface area contributed by atoms with Gasteiger partial charge in [-0.2, -0.15) is 0 Å². The van der Waals surface area contributed by atoms with Gasteiger partial charge in [0, 0.05) is 13.1 Å². The first-order valence-corrected chi connectivity index (χ1v) is 10.9. The van der Waals surface area contributed by atoms with Gasteiger partial charge in [0.2, 0.25) is 10.0 Å². The van der Waals surface area contributed by atoms with Gasteiger partial charge in [-0.15, -0.1) is 24.0 Å². The number of sulfonamides is 1. The van der Waals surface area contributed by atoms with Crippen molar-refractivity contribution in [1.82, 2.24) is 15.4 Å². The monoisotopic (exact) mass is 530 g/mol. The van der Waals surface area contributed by atoms with E-state index in [-0.39, 0.29) is 28.9 Å². The number of hydrogen-bond acceptors (Lipinski definition) is 3. The Balaban J connectivity index is 0.00000420. The summed E-state index contributed by atoms with van der Waals surface area (Å²) in [5, 5.41) is 6.60. The summed E-state index contributed by atoms with van der Waals surface area (Å²) < 4.78 is 26.2. The van der Waals surface area contributed by atoms with Crippen molar-refractivity contribution < 1.29 is 8.42 Å². The second-order valence-corrected chi connectivity index (χ2v) is 8.63. The van der Waals surface area contributed by atoms with Crippen LogP contribution in [-0.4, -0.2) is 34.5 Å². The third kappa shape index (κ3) is 7.94. The molecule has 0 fully saturated rings. The first-order chi connectivity index (χ1) is 13.4. The molecule has 2 rings (SSSR count). The number of benzene rings is 2. The molecule has 1 unspecified atom stereocenters. The van der Waals surface area contributed by atoms with Crippen molar-refractivity contribution in [3.63, 3.8) is 0 Å². The van der Waals surface area contributed by atoms with Crippen LogP contribution >= 0.6 is 24.0 Å². The van der Waals surface area contributed by atoms with E-state index in [1.165, 1.54) is 18.2 Å². The molecule has 2 aromatic rings. The predicted octanol–water partition coefficient (Wildman–Crippen LogP) is 3.38. The first kappa shape index (κ1) is 25.4. The zero-order valence-electron chi connectivity index (χ0n) is 17.4. The molecule has 0 amide bonds. The summed E-state index contributed by atoms with van der Waals surface area (Å²) in [6.45, 7) is 8.16. The van der Waals surface area contributed by atoms with Gasteiger partial charge in [0.25, 0.3) is 0 Å². The van der Waals surface area contributed by atoms with Crippen LogP contribution in [0.2, 0.25) is 0 Å². The summed E-state index contributed by atoms with van der Waals surface area (Å²) in [6, 6.07) is 15.4. The average molecular weight is 530 g/mol. The molecule has 0 radical (unpaired) electrons.